The predicted molar refractivity (Wildman–Crippen MR) is 125 cm³/mol. The van der Waals surface area contributed by atoms with Crippen LogP contribution < -0.4 is 10.7 Å². The van der Waals surface area contributed by atoms with Crippen LogP contribution >= 0.6 is 0 Å². The maximum absolute atomic E-state index is 13.1. The lowest BCUT2D eigenvalue weighted by molar-refractivity contribution is -0.116. The summed E-state index contributed by atoms with van der Waals surface area (Å²) in [4.78, 5) is 43.4. The van der Waals surface area contributed by atoms with Crippen LogP contribution in [-0.4, -0.2) is 21.2 Å². The van der Waals surface area contributed by atoms with Crippen LogP contribution in [0.2, 0.25) is 0 Å². The molecule has 0 radical (unpaired) electrons. The Labute approximate surface area is 185 Å². The van der Waals surface area contributed by atoms with Gasteiger partial charge in [0.25, 0.3) is 0 Å². The molecule has 32 heavy (non-hydrogen) atoms. The zero-order valence-corrected chi connectivity index (χ0v) is 18.2. The van der Waals surface area contributed by atoms with Crippen molar-refractivity contribution in [3.8, 4) is 0 Å². The van der Waals surface area contributed by atoms with Gasteiger partial charge in [0.2, 0.25) is 11.3 Å². The molecule has 2 heterocycles. The first-order valence-corrected chi connectivity index (χ1v) is 10.3. The molecule has 0 unspecified atom stereocenters. The van der Waals surface area contributed by atoms with Gasteiger partial charge in [0.15, 0.2) is 5.78 Å². The largest absolute Gasteiger partial charge is 0.325 e. The molecule has 0 saturated carbocycles. The number of hydrogen-bond acceptors (Lipinski definition) is 4. The molecule has 4 rings (SSSR count). The van der Waals surface area contributed by atoms with Crippen LogP contribution in [0.15, 0.2) is 71.7 Å². The molecular weight excluding hydrogens is 402 g/mol. The fourth-order valence-corrected chi connectivity index (χ4v) is 3.49. The second kappa shape index (κ2) is 8.59. The number of ketones is 1. The maximum atomic E-state index is 13.1. The smallest absolute Gasteiger partial charge is 0.244 e. The molecule has 0 fully saturated rings. The summed E-state index contributed by atoms with van der Waals surface area (Å²) in [6.07, 6.45) is 1.44. The first-order chi connectivity index (χ1) is 15.3. The summed E-state index contributed by atoms with van der Waals surface area (Å²) in [5, 5.41) is 3.15. The van der Waals surface area contributed by atoms with Crippen LogP contribution in [0.25, 0.3) is 11.0 Å². The first kappa shape index (κ1) is 21.2. The molecule has 6 heteroatoms. The van der Waals surface area contributed by atoms with Gasteiger partial charge in [-0.3, -0.25) is 14.4 Å². The van der Waals surface area contributed by atoms with E-state index in [-0.39, 0.29) is 23.8 Å². The highest BCUT2D eigenvalue weighted by atomic mass is 16.2. The number of aromatic nitrogens is 2. The van der Waals surface area contributed by atoms with Crippen LogP contribution in [0.4, 0.5) is 5.69 Å². The zero-order valence-electron chi connectivity index (χ0n) is 18.2. The summed E-state index contributed by atoms with van der Waals surface area (Å²) in [6.45, 7) is 5.62. The standard InChI is InChI=1S/C26H23N3O3/c1-16-4-9-19(10-5-16)24(31)22-14-29(26-21(25(22)32)13-8-18(3)27-26)15-23(30)28-20-11-6-17(2)7-12-20/h4-14H,15H2,1-3H3,(H,28,30). The van der Waals surface area contributed by atoms with E-state index in [2.05, 4.69) is 10.3 Å². The second-order valence-corrected chi connectivity index (χ2v) is 7.93. The Morgan fingerprint density at radius 2 is 1.50 bits per heavy atom. The van der Waals surface area contributed by atoms with E-state index < -0.39 is 5.43 Å². The van der Waals surface area contributed by atoms with E-state index in [1.165, 1.54) is 6.20 Å². The molecule has 0 bridgehead atoms. The Bertz CT molecular complexity index is 1390. The minimum atomic E-state index is -0.395. The third-order valence-corrected chi connectivity index (χ3v) is 5.27. The molecular formula is C26H23N3O3. The molecule has 0 aliphatic heterocycles. The Morgan fingerprint density at radius 3 is 2.16 bits per heavy atom. The van der Waals surface area contributed by atoms with Gasteiger partial charge in [-0.05, 0) is 45.0 Å². The molecule has 1 N–H and O–H groups in total. The summed E-state index contributed by atoms with van der Waals surface area (Å²) >= 11 is 0. The number of carbonyl (C=O) groups is 2. The molecule has 2 aromatic heterocycles. The summed E-state index contributed by atoms with van der Waals surface area (Å²) in [5.41, 5.74) is 3.90. The maximum Gasteiger partial charge on any atom is 0.244 e. The number of nitrogens with one attached hydrogen (secondary N) is 1. The SMILES string of the molecule is Cc1ccc(NC(=O)Cn2cc(C(=O)c3ccc(C)cc3)c(=O)c3ccc(C)nc32)cc1. The van der Waals surface area contributed by atoms with Crippen LogP contribution in [0.1, 0.15) is 32.7 Å². The van der Waals surface area contributed by atoms with Gasteiger partial charge in [-0.2, -0.15) is 0 Å². The highest BCUT2D eigenvalue weighted by molar-refractivity contribution is 6.10. The minimum Gasteiger partial charge on any atom is -0.325 e. The molecule has 0 aliphatic rings. The average molecular weight is 425 g/mol. The number of hydrogen-bond donors (Lipinski definition) is 1. The van der Waals surface area contributed by atoms with Crippen molar-refractivity contribution in [2.24, 2.45) is 0 Å². The predicted octanol–water partition coefficient (Wildman–Crippen LogP) is 4.19. The lowest BCUT2D eigenvalue weighted by Gasteiger charge is -2.13. The summed E-state index contributed by atoms with van der Waals surface area (Å²) in [5.74, 6) is -0.666. The summed E-state index contributed by atoms with van der Waals surface area (Å²) in [7, 11) is 0. The van der Waals surface area contributed by atoms with Crippen molar-refractivity contribution in [3.05, 3.63) is 105 Å². The monoisotopic (exact) mass is 425 g/mol. The quantitative estimate of drug-likeness (QED) is 0.486. The number of anilines is 1. The summed E-state index contributed by atoms with van der Waals surface area (Å²) in [6, 6.07) is 17.9. The molecule has 6 nitrogen and oxygen atoms in total. The molecule has 160 valence electrons. The Hall–Kier alpha value is -4.06. The van der Waals surface area contributed by atoms with E-state index >= 15 is 0 Å². The highest BCUT2D eigenvalue weighted by Gasteiger charge is 2.19. The highest BCUT2D eigenvalue weighted by Crippen LogP contribution is 2.15. The van der Waals surface area contributed by atoms with Crippen LogP contribution in [0.3, 0.4) is 0 Å². The number of carbonyl (C=O) groups excluding carboxylic acids is 2. The van der Waals surface area contributed by atoms with E-state index in [1.54, 1.807) is 28.8 Å². The van der Waals surface area contributed by atoms with Gasteiger partial charge in [-0.25, -0.2) is 4.98 Å². The lowest BCUT2D eigenvalue weighted by Crippen LogP contribution is -2.25. The fraction of sp³-hybridized carbons (Fsp3) is 0.154. The van der Waals surface area contributed by atoms with Gasteiger partial charge < -0.3 is 9.88 Å². The van der Waals surface area contributed by atoms with Crippen molar-refractivity contribution in [2.45, 2.75) is 27.3 Å². The molecule has 2 aromatic carbocycles. The first-order valence-electron chi connectivity index (χ1n) is 10.3. The number of aryl methyl sites for hydroxylation is 3. The number of benzene rings is 2. The number of nitrogens with zero attached hydrogens (tertiary/aromatic N) is 2. The van der Waals surface area contributed by atoms with Crippen LogP contribution in [0, 0.1) is 20.8 Å². The average Bonchev–Trinajstić information content (AvgIpc) is 2.77. The topological polar surface area (TPSA) is 81.1 Å². The van der Waals surface area contributed by atoms with Crippen LogP contribution in [0.5, 0.6) is 0 Å². The van der Waals surface area contributed by atoms with E-state index in [4.69, 9.17) is 0 Å². The normalized spacial score (nSPS) is 10.8. The van der Waals surface area contributed by atoms with Crippen molar-refractivity contribution < 1.29 is 9.59 Å². The molecule has 0 aliphatic carbocycles. The molecule has 4 aromatic rings. The van der Waals surface area contributed by atoms with E-state index in [9.17, 15) is 14.4 Å². The van der Waals surface area contributed by atoms with E-state index in [0.29, 0.717) is 28.0 Å². The third kappa shape index (κ3) is 4.34. The van der Waals surface area contributed by atoms with Crippen molar-refractivity contribution in [2.75, 3.05) is 5.32 Å². The zero-order chi connectivity index (χ0) is 22.8. The van der Waals surface area contributed by atoms with Crippen LogP contribution in [-0.2, 0) is 11.3 Å². The van der Waals surface area contributed by atoms with Crippen molar-refractivity contribution in [1.82, 2.24) is 9.55 Å². The number of amides is 1. The van der Waals surface area contributed by atoms with Gasteiger partial charge >= 0.3 is 0 Å². The molecule has 0 spiro atoms. The van der Waals surface area contributed by atoms with Crippen molar-refractivity contribution >= 4 is 28.4 Å². The third-order valence-electron chi connectivity index (χ3n) is 5.27. The molecule has 0 saturated heterocycles. The molecule has 0 atom stereocenters. The molecule has 1 amide bonds. The fourth-order valence-electron chi connectivity index (χ4n) is 3.49. The van der Waals surface area contributed by atoms with E-state index in [1.807, 2.05) is 57.2 Å². The lowest BCUT2D eigenvalue weighted by atomic mass is 10.0. The Kier molecular flexibility index (Phi) is 5.69. The van der Waals surface area contributed by atoms with Gasteiger partial charge in [-0.15, -0.1) is 0 Å². The van der Waals surface area contributed by atoms with Gasteiger partial charge in [-0.1, -0.05) is 47.5 Å². The second-order valence-electron chi connectivity index (χ2n) is 7.93. The Balaban J connectivity index is 1.75. The van der Waals surface area contributed by atoms with Crippen molar-refractivity contribution in [1.29, 1.82) is 0 Å². The summed E-state index contributed by atoms with van der Waals surface area (Å²) < 4.78 is 1.56. The number of rotatable bonds is 5. The number of pyridine rings is 2. The van der Waals surface area contributed by atoms with Crippen molar-refractivity contribution in [3.63, 3.8) is 0 Å². The van der Waals surface area contributed by atoms with E-state index in [0.717, 1.165) is 11.1 Å². The Morgan fingerprint density at radius 1 is 0.875 bits per heavy atom. The van der Waals surface area contributed by atoms with Gasteiger partial charge in [0.05, 0.1) is 10.9 Å². The number of fused-ring (bicyclic) bond motifs is 1. The minimum absolute atomic E-state index is 0.00939. The van der Waals surface area contributed by atoms with Gasteiger partial charge in [0, 0.05) is 23.1 Å². The van der Waals surface area contributed by atoms with Gasteiger partial charge in [0.1, 0.15) is 12.2 Å².